The first-order valence-corrected chi connectivity index (χ1v) is 5.58. The summed E-state index contributed by atoms with van der Waals surface area (Å²) in [5.74, 6) is 2.24. The number of hydrogen-bond donors (Lipinski definition) is 2. The number of aromatic nitrogens is 3. The van der Waals surface area contributed by atoms with Gasteiger partial charge >= 0.3 is 0 Å². The molecule has 92 valence electrons. The Morgan fingerprint density at radius 1 is 1.53 bits per heavy atom. The third-order valence-corrected chi connectivity index (χ3v) is 2.57. The smallest absolute Gasteiger partial charge is 0.213 e. The Labute approximate surface area is 99.8 Å². The predicted octanol–water partition coefficient (Wildman–Crippen LogP) is 1.47. The van der Waals surface area contributed by atoms with Gasteiger partial charge in [-0.25, -0.2) is 4.98 Å². The van der Waals surface area contributed by atoms with Crippen molar-refractivity contribution in [3.8, 4) is 0 Å². The number of aryl methyl sites for hydroxylation is 3. The monoisotopic (exact) mass is 235 g/mol. The fourth-order valence-electron chi connectivity index (χ4n) is 1.71. The van der Waals surface area contributed by atoms with Gasteiger partial charge in [-0.05, 0) is 13.3 Å². The first-order chi connectivity index (χ1) is 8.11. The molecule has 0 aliphatic carbocycles. The van der Waals surface area contributed by atoms with Gasteiger partial charge in [-0.15, -0.1) is 0 Å². The van der Waals surface area contributed by atoms with Crippen molar-refractivity contribution in [1.82, 2.24) is 14.8 Å². The lowest BCUT2D eigenvalue weighted by Gasteiger charge is -2.04. The highest BCUT2D eigenvalue weighted by Gasteiger charge is 2.12. The number of nitrogens with one attached hydrogen (secondary N) is 1. The first kappa shape index (κ1) is 11.5. The van der Waals surface area contributed by atoms with E-state index in [-0.39, 0.29) is 0 Å². The quantitative estimate of drug-likeness (QED) is 0.838. The first-order valence-electron chi connectivity index (χ1n) is 5.58. The van der Waals surface area contributed by atoms with Crippen LogP contribution >= 0.6 is 0 Å². The second-order valence-electron chi connectivity index (χ2n) is 3.90. The summed E-state index contributed by atoms with van der Waals surface area (Å²) in [6.45, 7) is 4.39. The van der Waals surface area contributed by atoms with Gasteiger partial charge in [0.2, 0.25) is 5.89 Å². The van der Waals surface area contributed by atoms with Gasteiger partial charge in [-0.3, -0.25) is 4.68 Å². The number of nitrogens with zero attached hydrogens (tertiary/aromatic N) is 3. The molecule has 0 saturated carbocycles. The molecule has 0 spiro atoms. The van der Waals surface area contributed by atoms with E-state index < -0.39 is 0 Å². The number of hydrogen-bond acceptors (Lipinski definition) is 5. The molecule has 6 nitrogen and oxygen atoms in total. The van der Waals surface area contributed by atoms with Gasteiger partial charge in [0.15, 0.2) is 0 Å². The summed E-state index contributed by atoms with van der Waals surface area (Å²) in [5.41, 5.74) is 7.58. The lowest BCUT2D eigenvalue weighted by molar-refractivity contribution is 0.478. The molecule has 0 unspecified atom stereocenters. The summed E-state index contributed by atoms with van der Waals surface area (Å²) in [4.78, 5) is 4.12. The zero-order chi connectivity index (χ0) is 12.4. The van der Waals surface area contributed by atoms with E-state index in [0.717, 1.165) is 23.7 Å². The van der Waals surface area contributed by atoms with Crippen LogP contribution in [0.2, 0.25) is 0 Å². The fourth-order valence-corrected chi connectivity index (χ4v) is 1.71. The third kappa shape index (κ3) is 2.25. The molecule has 2 aromatic rings. The van der Waals surface area contributed by atoms with Gasteiger partial charge in [0.05, 0.1) is 24.1 Å². The van der Waals surface area contributed by atoms with E-state index in [1.165, 1.54) is 0 Å². The van der Waals surface area contributed by atoms with Crippen molar-refractivity contribution >= 4 is 11.5 Å². The van der Waals surface area contributed by atoms with Crippen molar-refractivity contribution in [2.24, 2.45) is 7.05 Å². The Morgan fingerprint density at radius 3 is 2.82 bits per heavy atom. The number of nitrogens with two attached hydrogens (primary N) is 1. The molecule has 6 heteroatoms. The van der Waals surface area contributed by atoms with Crippen molar-refractivity contribution in [2.75, 3.05) is 11.1 Å². The second kappa shape index (κ2) is 4.48. The molecule has 0 bridgehead atoms. The summed E-state index contributed by atoms with van der Waals surface area (Å²) in [7, 11) is 1.86. The number of anilines is 2. The van der Waals surface area contributed by atoms with Crippen molar-refractivity contribution in [3.63, 3.8) is 0 Å². The standard InChI is InChI=1S/C11H17N5O/c1-4-8-10(12)11(16(3)15-8)14-6-9-13-5-7(2)17-9/h5,14H,4,6,12H2,1-3H3. The SMILES string of the molecule is CCc1nn(C)c(NCc2ncc(C)o2)c1N. The van der Waals surface area contributed by atoms with Crippen molar-refractivity contribution < 1.29 is 4.42 Å². The van der Waals surface area contributed by atoms with E-state index in [1.54, 1.807) is 10.9 Å². The van der Waals surface area contributed by atoms with Crippen LogP contribution in [0.5, 0.6) is 0 Å². The van der Waals surface area contributed by atoms with Crippen molar-refractivity contribution in [2.45, 2.75) is 26.8 Å². The second-order valence-corrected chi connectivity index (χ2v) is 3.90. The summed E-state index contributed by atoms with van der Waals surface area (Å²) in [5, 5.41) is 7.51. The predicted molar refractivity (Wildman–Crippen MR) is 65.6 cm³/mol. The molecule has 0 aromatic carbocycles. The molecule has 0 saturated heterocycles. The fraction of sp³-hybridized carbons (Fsp3) is 0.455. The van der Waals surface area contributed by atoms with E-state index in [1.807, 2.05) is 20.9 Å². The summed E-state index contributed by atoms with van der Waals surface area (Å²) in [6.07, 6.45) is 2.51. The highest BCUT2D eigenvalue weighted by atomic mass is 16.4. The maximum atomic E-state index is 5.99. The molecule has 0 atom stereocenters. The minimum Gasteiger partial charge on any atom is -0.444 e. The third-order valence-electron chi connectivity index (χ3n) is 2.57. The van der Waals surface area contributed by atoms with Gasteiger partial charge < -0.3 is 15.5 Å². The van der Waals surface area contributed by atoms with Gasteiger partial charge in [0, 0.05) is 7.05 Å². The van der Waals surface area contributed by atoms with Crippen LogP contribution in [-0.2, 0) is 20.0 Å². The van der Waals surface area contributed by atoms with Gasteiger partial charge in [0.1, 0.15) is 11.6 Å². The molecule has 0 aliphatic heterocycles. The van der Waals surface area contributed by atoms with E-state index in [2.05, 4.69) is 15.4 Å². The van der Waals surface area contributed by atoms with Crippen molar-refractivity contribution in [1.29, 1.82) is 0 Å². The maximum Gasteiger partial charge on any atom is 0.213 e. The van der Waals surface area contributed by atoms with Gasteiger partial charge in [-0.2, -0.15) is 5.10 Å². The van der Waals surface area contributed by atoms with E-state index in [4.69, 9.17) is 10.2 Å². The van der Waals surface area contributed by atoms with Crippen LogP contribution in [0.25, 0.3) is 0 Å². The van der Waals surface area contributed by atoms with E-state index in [9.17, 15) is 0 Å². The molecular formula is C11H17N5O. The van der Waals surface area contributed by atoms with Crippen molar-refractivity contribution in [3.05, 3.63) is 23.5 Å². The zero-order valence-electron chi connectivity index (χ0n) is 10.3. The highest BCUT2D eigenvalue weighted by molar-refractivity contribution is 5.64. The largest absolute Gasteiger partial charge is 0.444 e. The molecule has 17 heavy (non-hydrogen) atoms. The zero-order valence-corrected chi connectivity index (χ0v) is 10.3. The van der Waals surface area contributed by atoms with Crippen LogP contribution in [0.3, 0.4) is 0 Å². The molecular weight excluding hydrogens is 218 g/mol. The lowest BCUT2D eigenvalue weighted by atomic mass is 10.3. The summed E-state index contributed by atoms with van der Waals surface area (Å²) < 4.78 is 7.11. The number of rotatable bonds is 4. The molecule has 0 aliphatic rings. The van der Waals surface area contributed by atoms with Crippen LogP contribution in [0.15, 0.2) is 10.6 Å². The molecule has 2 rings (SSSR count). The van der Waals surface area contributed by atoms with Crippen LogP contribution < -0.4 is 11.1 Å². The van der Waals surface area contributed by atoms with Crippen LogP contribution in [0.1, 0.15) is 24.3 Å². The lowest BCUT2D eigenvalue weighted by Crippen LogP contribution is -2.06. The molecule has 0 fully saturated rings. The summed E-state index contributed by atoms with van der Waals surface area (Å²) in [6, 6.07) is 0. The Balaban J connectivity index is 2.11. The van der Waals surface area contributed by atoms with E-state index in [0.29, 0.717) is 18.1 Å². The Morgan fingerprint density at radius 2 is 2.29 bits per heavy atom. The van der Waals surface area contributed by atoms with Crippen LogP contribution in [-0.4, -0.2) is 14.8 Å². The normalized spacial score (nSPS) is 10.8. The Hall–Kier alpha value is -1.98. The molecule has 3 N–H and O–H groups in total. The van der Waals surface area contributed by atoms with Gasteiger partial charge in [-0.1, -0.05) is 6.92 Å². The van der Waals surface area contributed by atoms with E-state index >= 15 is 0 Å². The average Bonchev–Trinajstić information content (AvgIpc) is 2.82. The minimum atomic E-state index is 0.501. The summed E-state index contributed by atoms with van der Waals surface area (Å²) >= 11 is 0. The minimum absolute atomic E-state index is 0.501. The van der Waals surface area contributed by atoms with Crippen LogP contribution in [0, 0.1) is 6.92 Å². The maximum absolute atomic E-state index is 5.99. The van der Waals surface area contributed by atoms with Gasteiger partial charge in [0.25, 0.3) is 0 Å². The highest BCUT2D eigenvalue weighted by Crippen LogP contribution is 2.22. The molecule has 0 radical (unpaired) electrons. The number of oxazole rings is 1. The Bertz CT molecular complexity index is 514. The Kier molecular flexibility index (Phi) is 3.03. The number of nitrogen functional groups attached to an aromatic ring is 1. The molecule has 2 aromatic heterocycles. The topological polar surface area (TPSA) is 81.9 Å². The molecule has 2 heterocycles. The van der Waals surface area contributed by atoms with Crippen LogP contribution in [0.4, 0.5) is 11.5 Å². The molecule has 0 amide bonds. The average molecular weight is 235 g/mol.